The van der Waals surface area contributed by atoms with E-state index in [1.54, 1.807) is 6.07 Å². The van der Waals surface area contributed by atoms with Gasteiger partial charge in [-0.05, 0) is 37.1 Å². The Morgan fingerprint density at radius 1 is 1.44 bits per heavy atom. The molecule has 0 bridgehead atoms. The summed E-state index contributed by atoms with van der Waals surface area (Å²) in [6.07, 6.45) is 0. The van der Waals surface area contributed by atoms with Gasteiger partial charge in [-0.3, -0.25) is 0 Å². The van der Waals surface area contributed by atoms with Gasteiger partial charge in [-0.25, -0.2) is 0 Å². The van der Waals surface area contributed by atoms with Gasteiger partial charge in [0.25, 0.3) is 0 Å². The van der Waals surface area contributed by atoms with Crippen LogP contribution in [-0.2, 0) is 0 Å². The molecular formula is C14H20ClN3. The topological polar surface area (TPSA) is 53.0 Å². The lowest BCUT2D eigenvalue weighted by atomic mass is 9.92. The van der Waals surface area contributed by atoms with Gasteiger partial charge in [0.1, 0.15) is 6.07 Å². The molecule has 98 valence electrons. The van der Waals surface area contributed by atoms with Crippen molar-refractivity contribution in [2.45, 2.75) is 20.8 Å². The van der Waals surface area contributed by atoms with Crippen LogP contribution in [0, 0.1) is 16.7 Å². The monoisotopic (exact) mass is 265 g/mol. The molecule has 0 aliphatic rings. The van der Waals surface area contributed by atoms with Gasteiger partial charge in [0.2, 0.25) is 0 Å². The number of rotatable bonds is 5. The quantitative estimate of drug-likeness (QED) is 0.890. The van der Waals surface area contributed by atoms with Crippen LogP contribution in [0.1, 0.15) is 26.3 Å². The molecule has 0 aliphatic heterocycles. The molecule has 1 aromatic carbocycles. The molecule has 2 N–H and O–H groups in total. The zero-order chi connectivity index (χ0) is 13.8. The Kier molecular flexibility index (Phi) is 5.01. The summed E-state index contributed by atoms with van der Waals surface area (Å²) in [5, 5.41) is 9.77. The van der Waals surface area contributed by atoms with Crippen molar-refractivity contribution < 1.29 is 0 Å². The van der Waals surface area contributed by atoms with Crippen LogP contribution < -0.4 is 10.6 Å². The van der Waals surface area contributed by atoms with Gasteiger partial charge in [0.15, 0.2) is 0 Å². The zero-order valence-electron chi connectivity index (χ0n) is 11.2. The molecule has 18 heavy (non-hydrogen) atoms. The molecular weight excluding hydrogens is 246 g/mol. The molecule has 0 radical (unpaired) electrons. The van der Waals surface area contributed by atoms with E-state index in [2.05, 4.69) is 31.7 Å². The van der Waals surface area contributed by atoms with E-state index in [4.69, 9.17) is 17.3 Å². The summed E-state index contributed by atoms with van der Waals surface area (Å²) in [4.78, 5) is 2.17. The maximum absolute atomic E-state index is 9.18. The van der Waals surface area contributed by atoms with E-state index in [1.807, 2.05) is 12.1 Å². The van der Waals surface area contributed by atoms with Crippen molar-refractivity contribution in [3.05, 3.63) is 28.8 Å². The van der Waals surface area contributed by atoms with Gasteiger partial charge in [0.05, 0.1) is 11.3 Å². The smallest absolute Gasteiger partial charge is 0.101 e. The van der Waals surface area contributed by atoms with Crippen molar-refractivity contribution in [1.29, 1.82) is 5.26 Å². The number of hydrogen-bond acceptors (Lipinski definition) is 3. The molecule has 0 saturated heterocycles. The van der Waals surface area contributed by atoms with Crippen LogP contribution >= 0.6 is 11.6 Å². The third-order valence-electron chi connectivity index (χ3n) is 2.97. The van der Waals surface area contributed by atoms with Gasteiger partial charge in [-0.2, -0.15) is 5.26 Å². The molecule has 0 aromatic heterocycles. The maximum Gasteiger partial charge on any atom is 0.101 e. The van der Waals surface area contributed by atoms with Gasteiger partial charge >= 0.3 is 0 Å². The molecule has 4 heteroatoms. The summed E-state index contributed by atoms with van der Waals surface area (Å²) in [6.45, 7) is 8.58. The Labute approximate surface area is 114 Å². The first-order valence-corrected chi connectivity index (χ1v) is 6.46. The second-order valence-corrected chi connectivity index (χ2v) is 5.59. The Morgan fingerprint density at radius 3 is 2.61 bits per heavy atom. The van der Waals surface area contributed by atoms with Gasteiger partial charge in [0, 0.05) is 18.1 Å². The van der Waals surface area contributed by atoms with E-state index in [0.717, 1.165) is 18.8 Å². The average Bonchev–Trinajstić information content (AvgIpc) is 2.36. The molecule has 0 atom stereocenters. The average molecular weight is 266 g/mol. The summed E-state index contributed by atoms with van der Waals surface area (Å²) < 4.78 is 0. The second kappa shape index (κ2) is 6.08. The van der Waals surface area contributed by atoms with Crippen molar-refractivity contribution in [3.8, 4) is 6.07 Å². The van der Waals surface area contributed by atoms with Gasteiger partial charge in [-0.15, -0.1) is 0 Å². The van der Waals surface area contributed by atoms with E-state index in [1.165, 1.54) is 0 Å². The lowest BCUT2D eigenvalue weighted by Gasteiger charge is -2.33. The van der Waals surface area contributed by atoms with Crippen molar-refractivity contribution >= 4 is 17.3 Å². The maximum atomic E-state index is 9.18. The minimum absolute atomic E-state index is 0.0162. The first-order valence-electron chi connectivity index (χ1n) is 6.08. The number of hydrogen-bond donors (Lipinski definition) is 1. The van der Waals surface area contributed by atoms with Crippen molar-refractivity contribution in [2.75, 3.05) is 24.5 Å². The Morgan fingerprint density at radius 2 is 2.11 bits per heavy atom. The summed E-state index contributed by atoms with van der Waals surface area (Å²) >= 11 is 5.91. The van der Waals surface area contributed by atoms with E-state index in [9.17, 15) is 5.26 Å². The first kappa shape index (κ1) is 14.8. The van der Waals surface area contributed by atoms with Crippen LogP contribution in [0.5, 0.6) is 0 Å². The van der Waals surface area contributed by atoms with E-state index in [-0.39, 0.29) is 5.41 Å². The molecule has 0 fully saturated rings. The molecule has 1 aromatic rings. The lowest BCUT2D eigenvalue weighted by Crippen LogP contribution is -2.39. The Hall–Kier alpha value is -1.24. The number of nitrogens with zero attached hydrogens (tertiary/aromatic N) is 2. The largest absolute Gasteiger partial charge is 0.370 e. The predicted octanol–water partition coefficient (Wildman–Crippen LogP) is 3.02. The molecule has 0 aliphatic carbocycles. The summed E-state index contributed by atoms with van der Waals surface area (Å²) in [5.74, 6) is 0. The van der Waals surface area contributed by atoms with E-state index >= 15 is 0 Å². The number of benzene rings is 1. The molecule has 0 saturated carbocycles. The second-order valence-electron chi connectivity index (χ2n) is 5.16. The highest BCUT2D eigenvalue weighted by molar-refractivity contribution is 6.30. The normalized spacial score (nSPS) is 11.1. The highest BCUT2D eigenvalue weighted by atomic mass is 35.5. The standard InChI is InChI=1S/C14H20ClN3/c1-4-18(10-14(2,3)9-17)13-6-5-12(15)7-11(13)8-16/h5-7H,4,9-10,17H2,1-3H3. The fourth-order valence-corrected chi connectivity index (χ4v) is 1.99. The van der Waals surface area contributed by atoms with Crippen molar-refractivity contribution in [3.63, 3.8) is 0 Å². The molecule has 0 heterocycles. The summed E-state index contributed by atoms with van der Waals surface area (Å²) in [7, 11) is 0. The van der Waals surface area contributed by atoms with Crippen LogP contribution in [0.2, 0.25) is 5.02 Å². The van der Waals surface area contributed by atoms with Crippen LogP contribution in [0.15, 0.2) is 18.2 Å². The fraction of sp³-hybridized carbons (Fsp3) is 0.500. The van der Waals surface area contributed by atoms with E-state index in [0.29, 0.717) is 17.1 Å². The summed E-state index contributed by atoms with van der Waals surface area (Å²) in [6, 6.07) is 7.62. The number of anilines is 1. The van der Waals surface area contributed by atoms with Crippen molar-refractivity contribution in [2.24, 2.45) is 11.1 Å². The zero-order valence-corrected chi connectivity index (χ0v) is 12.0. The molecule has 1 rings (SSSR count). The van der Waals surface area contributed by atoms with Crippen molar-refractivity contribution in [1.82, 2.24) is 0 Å². The van der Waals surface area contributed by atoms with Crippen LogP contribution in [-0.4, -0.2) is 19.6 Å². The Bertz CT molecular complexity index is 449. The molecule has 0 unspecified atom stereocenters. The fourth-order valence-electron chi connectivity index (χ4n) is 1.82. The van der Waals surface area contributed by atoms with Crippen LogP contribution in [0.4, 0.5) is 5.69 Å². The van der Waals surface area contributed by atoms with Crippen LogP contribution in [0.25, 0.3) is 0 Å². The number of nitriles is 1. The number of halogens is 1. The summed E-state index contributed by atoms with van der Waals surface area (Å²) in [5.41, 5.74) is 7.32. The minimum Gasteiger partial charge on any atom is -0.370 e. The predicted molar refractivity (Wildman–Crippen MR) is 76.9 cm³/mol. The highest BCUT2D eigenvalue weighted by Crippen LogP contribution is 2.26. The van der Waals surface area contributed by atoms with Gasteiger partial charge in [-0.1, -0.05) is 25.4 Å². The third kappa shape index (κ3) is 3.63. The minimum atomic E-state index is 0.0162. The van der Waals surface area contributed by atoms with E-state index < -0.39 is 0 Å². The molecule has 0 spiro atoms. The number of nitrogens with two attached hydrogens (primary N) is 1. The Balaban J connectivity index is 3.06. The van der Waals surface area contributed by atoms with Crippen LogP contribution in [0.3, 0.4) is 0 Å². The SMILES string of the molecule is CCN(CC(C)(C)CN)c1ccc(Cl)cc1C#N. The molecule has 3 nitrogen and oxygen atoms in total. The third-order valence-corrected chi connectivity index (χ3v) is 3.21. The first-order chi connectivity index (χ1) is 8.43. The lowest BCUT2D eigenvalue weighted by molar-refractivity contribution is 0.379. The highest BCUT2D eigenvalue weighted by Gasteiger charge is 2.21. The molecule has 0 amide bonds. The van der Waals surface area contributed by atoms with Gasteiger partial charge < -0.3 is 10.6 Å².